The van der Waals surface area contributed by atoms with Gasteiger partial charge in [-0.1, -0.05) is 303 Å². The van der Waals surface area contributed by atoms with Crippen LogP contribution in [0.25, 0.3) is 0 Å². The molecule has 6 heteroatoms. The number of hydrogen-bond donors (Lipinski definition) is 0. The van der Waals surface area contributed by atoms with E-state index in [0.717, 1.165) is 141 Å². The van der Waals surface area contributed by atoms with E-state index >= 15 is 0 Å². The molecule has 0 spiro atoms. The number of rotatable bonds is 61. The topological polar surface area (TPSA) is 78.9 Å². The third-order valence-corrected chi connectivity index (χ3v) is 14.5. The summed E-state index contributed by atoms with van der Waals surface area (Å²) in [6.45, 7) is 6.45. The van der Waals surface area contributed by atoms with E-state index in [1.807, 2.05) is 0 Å². The van der Waals surface area contributed by atoms with Crippen molar-refractivity contribution in [1.29, 1.82) is 0 Å². The standard InChI is InChI=1S/C75H126O6/c1-4-7-10-13-15-17-19-21-23-25-27-29-31-33-34-35-36-37-38-39-40-42-43-45-47-49-51-53-55-57-59-62-65-68-74(77)80-71-72(70-79-73(76)67-64-61-12-9-6-3)81-75(78)69-66-63-60-58-56-54-52-50-48-46-44-41-32-30-28-26-24-22-20-18-16-14-11-8-5-2/h7,10,15,17,21,23,26-29,33-34,36-37,39-40,43,45,49,51,72H,4-6,8-9,11-14,16,18-20,22,24-25,30-32,35,38,41-42,44,46-48,50,52-71H2,1-3H3/b10-7-,17-15-,23-21-,28-26-,29-27-,34-33-,37-36-,40-39-,45-43-,51-49-. The van der Waals surface area contributed by atoms with Gasteiger partial charge < -0.3 is 14.2 Å². The second-order valence-corrected chi connectivity index (χ2v) is 22.4. The van der Waals surface area contributed by atoms with Crippen LogP contribution < -0.4 is 0 Å². The molecule has 0 saturated heterocycles. The molecule has 0 aliphatic rings. The fraction of sp³-hybridized carbons (Fsp3) is 0.693. The van der Waals surface area contributed by atoms with Gasteiger partial charge in [0.15, 0.2) is 6.10 Å². The molecule has 0 aliphatic heterocycles. The summed E-state index contributed by atoms with van der Waals surface area (Å²) < 4.78 is 16.8. The van der Waals surface area contributed by atoms with Crippen LogP contribution in [0, 0.1) is 0 Å². The molecule has 0 bridgehead atoms. The Morgan fingerprint density at radius 2 is 0.481 bits per heavy atom. The van der Waals surface area contributed by atoms with Crippen molar-refractivity contribution in [3.05, 3.63) is 122 Å². The van der Waals surface area contributed by atoms with E-state index in [-0.39, 0.29) is 31.1 Å². The summed E-state index contributed by atoms with van der Waals surface area (Å²) >= 11 is 0. The molecular weight excluding hydrogens is 997 g/mol. The lowest BCUT2D eigenvalue weighted by Crippen LogP contribution is -2.30. The van der Waals surface area contributed by atoms with Gasteiger partial charge in [-0.25, -0.2) is 0 Å². The van der Waals surface area contributed by atoms with Crippen LogP contribution in [0.3, 0.4) is 0 Å². The zero-order valence-electron chi connectivity index (χ0n) is 53.0. The Labute approximate surface area is 501 Å². The second kappa shape index (κ2) is 68.3. The van der Waals surface area contributed by atoms with Crippen LogP contribution in [0.1, 0.15) is 316 Å². The third-order valence-electron chi connectivity index (χ3n) is 14.5. The maximum absolute atomic E-state index is 12.8. The van der Waals surface area contributed by atoms with E-state index in [0.29, 0.717) is 19.3 Å². The van der Waals surface area contributed by atoms with E-state index in [4.69, 9.17) is 14.2 Å². The Morgan fingerprint density at radius 1 is 0.259 bits per heavy atom. The maximum Gasteiger partial charge on any atom is 0.306 e. The lowest BCUT2D eigenvalue weighted by atomic mass is 10.0. The summed E-state index contributed by atoms with van der Waals surface area (Å²) in [5, 5.41) is 0. The molecule has 1 unspecified atom stereocenters. The van der Waals surface area contributed by atoms with Crippen molar-refractivity contribution in [2.24, 2.45) is 0 Å². The number of unbranched alkanes of at least 4 members (excludes halogenated alkanes) is 30. The molecule has 0 aromatic carbocycles. The molecule has 6 nitrogen and oxygen atoms in total. The summed E-state index contributed by atoms with van der Waals surface area (Å²) in [6.07, 6.45) is 95.5. The van der Waals surface area contributed by atoms with Crippen LogP contribution in [-0.4, -0.2) is 37.2 Å². The molecule has 0 aromatic heterocycles. The van der Waals surface area contributed by atoms with Gasteiger partial charge in [-0.3, -0.25) is 14.4 Å². The molecule has 0 amide bonds. The minimum absolute atomic E-state index is 0.0850. The van der Waals surface area contributed by atoms with Gasteiger partial charge >= 0.3 is 17.9 Å². The quantitative estimate of drug-likeness (QED) is 0.0261. The second-order valence-electron chi connectivity index (χ2n) is 22.4. The largest absolute Gasteiger partial charge is 0.462 e. The normalized spacial score (nSPS) is 12.9. The minimum Gasteiger partial charge on any atom is -0.462 e. The Bertz CT molecular complexity index is 1670. The predicted molar refractivity (Wildman–Crippen MR) is 353 cm³/mol. The molecule has 81 heavy (non-hydrogen) atoms. The van der Waals surface area contributed by atoms with Crippen LogP contribution >= 0.6 is 0 Å². The average Bonchev–Trinajstić information content (AvgIpc) is 3.47. The molecule has 0 saturated carbocycles. The summed E-state index contributed by atoms with van der Waals surface area (Å²) in [7, 11) is 0. The number of ether oxygens (including phenoxy) is 3. The van der Waals surface area contributed by atoms with Crippen molar-refractivity contribution in [2.45, 2.75) is 322 Å². The number of hydrogen-bond acceptors (Lipinski definition) is 6. The molecule has 0 N–H and O–H groups in total. The number of carbonyl (C=O) groups excluding carboxylic acids is 3. The summed E-state index contributed by atoms with van der Waals surface area (Å²) in [5.74, 6) is -0.913. The minimum atomic E-state index is -0.785. The van der Waals surface area contributed by atoms with Crippen molar-refractivity contribution in [2.75, 3.05) is 13.2 Å². The highest BCUT2D eigenvalue weighted by molar-refractivity contribution is 5.71. The van der Waals surface area contributed by atoms with Crippen molar-refractivity contribution >= 4 is 17.9 Å². The number of esters is 3. The van der Waals surface area contributed by atoms with Crippen LogP contribution in [0.15, 0.2) is 122 Å². The van der Waals surface area contributed by atoms with Gasteiger partial charge in [0, 0.05) is 19.3 Å². The van der Waals surface area contributed by atoms with Crippen LogP contribution in [0.5, 0.6) is 0 Å². The number of allylic oxidation sites excluding steroid dienone is 20. The third kappa shape index (κ3) is 66.5. The first-order chi connectivity index (χ1) is 40.0. The molecule has 0 heterocycles. The van der Waals surface area contributed by atoms with E-state index in [2.05, 4.69) is 142 Å². The maximum atomic E-state index is 12.8. The lowest BCUT2D eigenvalue weighted by molar-refractivity contribution is -0.167. The molecule has 0 radical (unpaired) electrons. The van der Waals surface area contributed by atoms with Crippen molar-refractivity contribution in [1.82, 2.24) is 0 Å². The first kappa shape index (κ1) is 76.8. The van der Waals surface area contributed by atoms with E-state index in [9.17, 15) is 14.4 Å². The molecular formula is C75H126O6. The van der Waals surface area contributed by atoms with Gasteiger partial charge in [0.05, 0.1) is 0 Å². The summed E-state index contributed by atoms with van der Waals surface area (Å²) in [6, 6.07) is 0. The zero-order valence-corrected chi connectivity index (χ0v) is 53.0. The first-order valence-corrected chi connectivity index (χ1v) is 34.0. The molecule has 0 fully saturated rings. The summed E-state index contributed by atoms with van der Waals surface area (Å²) in [4.78, 5) is 38.0. The lowest BCUT2D eigenvalue weighted by Gasteiger charge is -2.18. The highest BCUT2D eigenvalue weighted by atomic mass is 16.6. The summed E-state index contributed by atoms with van der Waals surface area (Å²) in [5.41, 5.74) is 0. The van der Waals surface area contributed by atoms with E-state index in [1.165, 1.54) is 135 Å². The fourth-order valence-electron chi connectivity index (χ4n) is 9.37. The van der Waals surface area contributed by atoms with Gasteiger partial charge in [0.2, 0.25) is 0 Å². The smallest absolute Gasteiger partial charge is 0.306 e. The molecule has 462 valence electrons. The zero-order chi connectivity index (χ0) is 58.5. The van der Waals surface area contributed by atoms with Gasteiger partial charge in [-0.2, -0.15) is 0 Å². The fourth-order valence-corrected chi connectivity index (χ4v) is 9.37. The van der Waals surface area contributed by atoms with Crippen LogP contribution in [0.4, 0.5) is 0 Å². The molecule has 0 aromatic rings. The van der Waals surface area contributed by atoms with E-state index < -0.39 is 6.10 Å². The van der Waals surface area contributed by atoms with Crippen molar-refractivity contribution < 1.29 is 28.6 Å². The number of carbonyl (C=O) groups is 3. The Hall–Kier alpha value is -4.19. The molecule has 0 aliphatic carbocycles. The molecule has 1 atom stereocenters. The highest BCUT2D eigenvalue weighted by Crippen LogP contribution is 2.16. The molecule has 0 rings (SSSR count). The van der Waals surface area contributed by atoms with Gasteiger partial charge in [0.25, 0.3) is 0 Å². The Kier molecular flexibility index (Phi) is 64.8. The van der Waals surface area contributed by atoms with E-state index in [1.54, 1.807) is 0 Å². The average molecular weight is 1120 g/mol. The monoisotopic (exact) mass is 1120 g/mol. The van der Waals surface area contributed by atoms with Gasteiger partial charge in [0.1, 0.15) is 13.2 Å². The Balaban J connectivity index is 4.09. The van der Waals surface area contributed by atoms with Gasteiger partial charge in [-0.15, -0.1) is 0 Å². The van der Waals surface area contributed by atoms with Crippen molar-refractivity contribution in [3.63, 3.8) is 0 Å². The Morgan fingerprint density at radius 3 is 0.765 bits per heavy atom. The van der Waals surface area contributed by atoms with Crippen molar-refractivity contribution in [3.8, 4) is 0 Å². The predicted octanol–water partition coefficient (Wildman–Crippen LogP) is 23.6. The highest BCUT2D eigenvalue weighted by Gasteiger charge is 2.19. The SMILES string of the molecule is CC/C=C\C/C=C\C/C=C\C/C=C\C/C=C\C/C=C\C/C=C\C/C=C\C/C=C\CCCCCCCC(=O)OCC(COC(=O)CCCCCCC)OC(=O)CCCCCCCCCCCCCCC/C=C\CCCCCCCCCC. The van der Waals surface area contributed by atoms with Crippen LogP contribution in [0.2, 0.25) is 0 Å². The first-order valence-electron chi connectivity index (χ1n) is 34.0. The van der Waals surface area contributed by atoms with Crippen LogP contribution in [-0.2, 0) is 28.6 Å². The van der Waals surface area contributed by atoms with Gasteiger partial charge in [-0.05, 0) is 116 Å².